The molecule has 0 atom stereocenters. The topological polar surface area (TPSA) is 83.3 Å². The summed E-state index contributed by atoms with van der Waals surface area (Å²) < 4.78 is 0. The van der Waals surface area contributed by atoms with Crippen LogP contribution in [0.15, 0.2) is 97.6 Å². The third kappa shape index (κ3) is 5.02. The maximum absolute atomic E-state index is 11.9. The van der Waals surface area contributed by atoms with E-state index in [1.54, 1.807) is 49.1 Å². The van der Waals surface area contributed by atoms with Gasteiger partial charge in [-0.05, 0) is 83.9 Å². The second-order valence-electron chi connectivity index (χ2n) is 5.89. The van der Waals surface area contributed by atoms with Gasteiger partial charge >= 0.3 is 0 Å². The smallest absolute Gasteiger partial charge is 0.193 e. The summed E-state index contributed by atoms with van der Waals surface area (Å²) in [5.41, 5.74) is 3.35. The molecule has 138 valence electrons. The monoisotopic (exact) mass is 370 g/mol. The van der Waals surface area contributed by atoms with Gasteiger partial charge in [-0.15, -0.1) is 0 Å². The molecule has 0 aliphatic heterocycles. The summed E-state index contributed by atoms with van der Waals surface area (Å²) in [6.07, 6.45) is 7.15. The Bertz CT molecular complexity index is 932. The highest BCUT2D eigenvalue weighted by Crippen LogP contribution is 2.17. The van der Waals surface area contributed by atoms with E-state index >= 15 is 0 Å². The van der Waals surface area contributed by atoms with Crippen molar-refractivity contribution in [1.82, 2.24) is 9.97 Å². The van der Waals surface area contributed by atoms with Crippen LogP contribution in [0.4, 0.5) is 0 Å². The van der Waals surface area contributed by atoms with Crippen LogP contribution in [0.2, 0.25) is 0 Å². The summed E-state index contributed by atoms with van der Waals surface area (Å²) in [6, 6.07) is 20.0. The van der Waals surface area contributed by atoms with Crippen molar-refractivity contribution in [2.75, 3.05) is 0 Å². The number of ketones is 1. The van der Waals surface area contributed by atoms with E-state index in [2.05, 4.69) is 9.97 Å². The van der Waals surface area contributed by atoms with Gasteiger partial charge in [0.2, 0.25) is 0 Å². The molecule has 0 saturated heterocycles. The fourth-order valence-electron chi connectivity index (χ4n) is 2.48. The average Bonchev–Trinajstić information content (AvgIpc) is 2.76. The molecule has 4 aromatic rings. The van der Waals surface area contributed by atoms with Crippen LogP contribution in [0.1, 0.15) is 15.9 Å². The van der Waals surface area contributed by atoms with Gasteiger partial charge in [0.15, 0.2) is 5.78 Å². The van der Waals surface area contributed by atoms with Crippen molar-refractivity contribution >= 4 is 5.78 Å². The average molecular weight is 370 g/mol. The maximum Gasteiger partial charge on any atom is 0.193 e. The minimum absolute atomic E-state index is 0.127. The predicted octanol–water partition coefficient (Wildman–Crippen LogP) is 4.47. The SMILES string of the molecule is O=C(c1ccc(O)cc1)c1ccc(O)cc1.c1cc(-c2ccncc2)ccn1. The minimum atomic E-state index is -0.139. The fourth-order valence-corrected chi connectivity index (χ4v) is 2.48. The molecule has 0 aliphatic rings. The van der Waals surface area contributed by atoms with E-state index in [4.69, 9.17) is 10.2 Å². The highest BCUT2D eigenvalue weighted by atomic mass is 16.3. The first-order chi connectivity index (χ1) is 13.6. The lowest BCUT2D eigenvalue weighted by molar-refractivity contribution is 0.103. The first kappa shape index (κ1) is 18.8. The highest BCUT2D eigenvalue weighted by Gasteiger charge is 2.08. The van der Waals surface area contributed by atoms with Gasteiger partial charge < -0.3 is 10.2 Å². The molecule has 0 spiro atoms. The molecule has 28 heavy (non-hydrogen) atoms. The number of hydrogen-bond acceptors (Lipinski definition) is 5. The van der Waals surface area contributed by atoms with Crippen molar-refractivity contribution in [2.24, 2.45) is 0 Å². The quantitative estimate of drug-likeness (QED) is 0.520. The van der Waals surface area contributed by atoms with Gasteiger partial charge in [-0.3, -0.25) is 14.8 Å². The largest absolute Gasteiger partial charge is 0.508 e. The molecule has 0 unspecified atom stereocenters. The summed E-state index contributed by atoms with van der Waals surface area (Å²) >= 11 is 0. The van der Waals surface area contributed by atoms with E-state index < -0.39 is 0 Å². The molecule has 2 heterocycles. The molecule has 4 rings (SSSR count). The second-order valence-corrected chi connectivity index (χ2v) is 5.89. The van der Waals surface area contributed by atoms with Crippen LogP contribution in [0.25, 0.3) is 11.1 Å². The standard InChI is InChI=1S/C13H10O3.C10H8N2/c14-11-5-1-9(2-6-11)13(16)10-3-7-12(15)8-4-10;1-5-11-6-2-9(1)10-3-7-12-8-4-10/h1-8,14-15H;1-8H. The van der Waals surface area contributed by atoms with Gasteiger partial charge in [-0.1, -0.05) is 0 Å². The molecule has 0 bridgehead atoms. The van der Waals surface area contributed by atoms with Crippen LogP contribution in [0, 0.1) is 0 Å². The van der Waals surface area contributed by atoms with Crippen LogP contribution < -0.4 is 0 Å². The molecule has 0 aliphatic carbocycles. The van der Waals surface area contributed by atoms with Crippen LogP contribution in [-0.4, -0.2) is 26.0 Å². The maximum atomic E-state index is 11.9. The summed E-state index contributed by atoms with van der Waals surface area (Å²) in [5.74, 6) is 0.115. The van der Waals surface area contributed by atoms with E-state index in [0.29, 0.717) is 11.1 Å². The molecule has 0 radical (unpaired) electrons. The van der Waals surface area contributed by atoms with Crippen LogP contribution in [-0.2, 0) is 0 Å². The highest BCUT2D eigenvalue weighted by molar-refractivity contribution is 6.09. The first-order valence-electron chi connectivity index (χ1n) is 8.56. The normalized spacial score (nSPS) is 9.86. The van der Waals surface area contributed by atoms with Gasteiger partial charge in [0, 0.05) is 35.9 Å². The number of hydrogen-bond donors (Lipinski definition) is 2. The van der Waals surface area contributed by atoms with Crippen molar-refractivity contribution in [3.05, 3.63) is 109 Å². The summed E-state index contributed by atoms with van der Waals surface area (Å²) in [5, 5.41) is 18.2. The number of rotatable bonds is 3. The Morgan fingerprint density at radius 2 is 0.857 bits per heavy atom. The third-order valence-electron chi connectivity index (χ3n) is 3.95. The molecule has 2 aromatic heterocycles. The van der Waals surface area contributed by atoms with Crippen molar-refractivity contribution < 1.29 is 15.0 Å². The number of aromatic nitrogens is 2. The van der Waals surface area contributed by atoms with E-state index in [9.17, 15) is 4.79 Å². The summed E-state index contributed by atoms with van der Waals surface area (Å²) in [4.78, 5) is 19.8. The number of benzene rings is 2. The Hall–Kier alpha value is -3.99. The molecule has 5 heteroatoms. The Balaban J connectivity index is 0.000000167. The molecule has 0 fully saturated rings. The Kier molecular flexibility index (Phi) is 6.10. The van der Waals surface area contributed by atoms with E-state index in [-0.39, 0.29) is 17.3 Å². The number of pyridine rings is 2. The lowest BCUT2D eigenvalue weighted by atomic mass is 10.0. The van der Waals surface area contributed by atoms with Gasteiger partial charge in [0.25, 0.3) is 0 Å². The molecule has 5 nitrogen and oxygen atoms in total. The summed E-state index contributed by atoms with van der Waals surface area (Å²) in [6.45, 7) is 0. The van der Waals surface area contributed by atoms with E-state index in [1.165, 1.54) is 35.4 Å². The third-order valence-corrected chi connectivity index (χ3v) is 3.95. The molecule has 2 aromatic carbocycles. The zero-order chi connectivity index (χ0) is 19.8. The number of phenols is 2. The first-order valence-corrected chi connectivity index (χ1v) is 8.56. The van der Waals surface area contributed by atoms with Crippen molar-refractivity contribution in [1.29, 1.82) is 0 Å². The molecular weight excluding hydrogens is 352 g/mol. The zero-order valence-corrected chi connectivity index (χ0v) is 14.9. The van der Waals surface area contributed by atoms with Crippen LogP contribution in [0.3, 0.4) is 0 Å². The molecule has 2 N–H and O–H groups in total. The molecular formula is C23H18N2O3. The number of carbonyl (C=O) groups excluding carboxylic acids is 1. The van der Waals surface area contributed by atoms with E-state index in [1.807, 2.05) is 24.3 Å². The second kappa shape index (κ2) is 9.09. The summed E-state index contributed by atoms with van der Waals surface area (Å²) in [7, 11) is 0. The fraction of sp³-hybridized carbons (Fsp3) is 0. The Labute approximate surface area is 162 Å². The zero-order valence-electron chi connectivity index (χ0n) is 14.9. The van der Waals surface area contributed by atoms with Gasteiger partial charge in [-0.2, -0.15) is 0 Å². The lowest BCUT2D eigenvalue weighted by Gasteiger charge is -2.01. The lowest BCUT2D eigenvalue weighted by Crippen LogP contribution is -2.00. The van der Waals surface area contributed by atoms with Gasteiger partial charge in [0.05, 0.1) is 0 Å². The Morgan fingerprint density at radius 3 is 1.18 bits per heavy atom. The van der Waals surface area contributed by atoms with Gasteiger partial charge in [0.1, 0.15) is 11.5 Å². The molecule has 0 amide bonds. The predicted molar refractivity (Wildman–Crippen MR) is 107 cm³/mol. The minimum Gasteiger partial charge on any atom is -0.508 e. The number of phenolic OH excluding ortho intramolecular Hbond substituents is 2. The number of carbonyl (C=O) groups is 1. The van der Waals surface area contributed by atoms with Gasteiger partial charge in [-0.25, -0.2) is 0 Å². The van der Waals surface area contributed by atoms with Crippen molar-refractivity contribution in [2.45, 2.75) is 0 Å². The van der Waals surface area contributed by atoms with Crippen LogP contribution in [0.5, 0.6) is 11.5 Å². The van der Waals surface area contributed by atoms with E-state index in [0.717, 1.165) is 0 Å². The Morgan fingerprint density at radius 1 is 0.536 bits per heavy atom. The molecule has 0 saturated carbocycles. The number of nitrogens with zero attached hydrogens (tertiary/aromatic N) is 2. The van der Waals surface area contributed by atoms with Crippen molar-refractivity contribution in [3.63, 3.8) is 0 Å². The number of aromatic hydroxyl groups is 2. The van der Waals surface area contributed by atoms with Crippen LogP contribution >= 0.6 is 0 Å². The van der Waals surface area contributed by atoms with Crippen molar-refractivity contribution in [3.8, 4) is 22.6 Å².